The first kappa shape index (κ1) is 23.7. The molecule has 1 N–H and O–H groups in total. The zero-order valence-corrected chi connectivity index (χ0v) is 19.8. The van der Waals surface area contributed by atoms with E-state index in [4.69, 9.17) is 0 Å². The lowest BCUT2D eigenvalue weighted by Crippen LogP contribution is -2.53. The fourth-order valence-corrected chi connectivity index (χ4v) is 4.72. The Kier molecular flexibility index (Phi) is 7.20. The molecule has 1 aliphatic rings. The van der Waals surface area contributed by atoms with Gasteiger partial charge in [0.25, 0.3) is 0 Å². The first-order valence-electron chi connectivity index (χ1n) is 10.5. The smallest absolute Gasteiger partial charge is 0.321 e. The predicted octanol–water partition coefficient (Wildman–Crippen LogP) is 2.61. The van der Waals surface area contributed by atoms with Gasteiger partial charge in [0.15, 0.2) is 0 Å². The van der Waals surface area contributed by atoms with Crippen LogP contribution < -0.4 is 5.32 Å². The van der Waals surface area contributed by atoms with Crippen LogP contribution in [0.4, 0.5) is 10.5 Å². The molecular formula is C23H30N4O4S. The number of nitrogens with zero attached hydrogens (tertiary/aromatic N) is 3. The van der Waals surface area contributed by atoms with Crippen molar-refractivity contribution in [1.82, 2.24) is 14.1 Å². The number of piperazine rings is 1. The number of carbonyl (C=O) groups is 2. The summed E-state index contributed by atoms with van der Waals surface area (Å²) in [6, 6.07) is 12.3. The van der Waals surface area contributed by atoms with Crippen molar-refractivity contribution < 1.29 is 18.0 Å². The number of carbonyl (C=O) groups excluding carboxylic acids is 2. The van der Waals surface area contributed by atoms with Crippen LogP contribution in [-0.4, -0.2) is 74.2 Å². The second-order valence-electron chi connectivity index (χ2n) is 8.17. The third kappa shape index (κ3) is 5.46. The Morgan fingerprint density at radius 2 is 1.59 bits per heavy atom. The van der Waals surface area contributed by atoms with Crippen molar-refractivity contribution in [3.05, 3.63) is 59.2 Å². The van der Waals surface area contributed by atoms with Crippen LogP contribution in [0.1, 0.15) is 16.7 Å². The summed E-state index contributed by atoms with van der Waals surface area (Å²) in [4.78, 5) is 28.6. The van der Waals surface area contributed by atoms with Crippen LogP contribution in [0.2, 0.25) is 0 Å². The van der Waals surface area contributed by atoms with E-state index >= 15 is 0 Å². The molecule has 0 aliphatic carbocycles. The molecule has 8 nitrogen and oxygen atoms in total. The number of sulfonamides is 1. The van der Waals surface area contributed by atoms with Gasteiger partial charge in [0, 0.05) is 38.9 Å². The fourth-order valence-electron chi connectivity index (χ4n) is 3.51. The van der Waals surface area contributed by atoms with Crippen LogP contribution >= 0.6 is 0 Å². The van der Waals surface area contributed by atoms with E-state index in [1.54, 1.807) is 28.0 Å². The fraction of sp³-hybridized carbons (Fsp3) is 0.391. The minimum atomic E-state index is -3.76. The monoisotopic (exact) mass is 458 g/mol. The minimum Gasteiger partial charge on any atom is -0.338 e. The maximum Gasteiger partial charge on any atom is 0.321 e. The lowest BCUT2D eigenvalue weighted by molar-refractivity contribution is -0.132. The molecule has 0 radical (unpaired) electrons. The average Bonchev–Trinajstić information content (AvgIpc) is 2.75. The summed E-state index contributed by atoms with van der Waals surface area (Å²) in [5.74, 6) is -0.279. The maximum absolute atomic E-state index is 12.8. The van der Waals surface area contributed by atoms with Gasteiger partial charge in [-0.2, -0.15) is 4.31 Å². The molecule has 0 saturated carbocycles. The predicted molar refractivity (Wildman–Crippen MR) is 124 cm³/mol. The van der Waals surface area contributed by atoms with Gasteiger partial charge in [-0.15, -0.1) is 0 Å². The summed E-state index contributed by atoms with van der Waals surface area (Å²) in [5.41, 5.74) is 3.67. The number of benzene rings is 2. The van der Waals surface area contributed by atoms with Gasteiger partial charge >= 0.3 is 6.03 Å². The number of aryl methyl sites for hydroxylation is 3. The van der Waals surface area contributed by atoms with E-state index in [1.807, 2.05) is 45.0 Å². The number of likely N-dealkylation sites (N-methyl/N-ethyl adjacent to an activating group) is 1. The maximum atomic E-state index is 12.8. The van der Waals surface area contributed by atoms with Crippen LogP contribution in [-0.2, 0) is 14.8 Å². The van der Waals surface area contributed by atoms with Crippen molar-refractivity contribution in [3.8, 4) is 0 Å². The standard InChI is InChI=1S/C23H30N4O4S/c1-17-6-5-7-20(14-17)24-23(29)27-12-10-26(11-13-27)22(28)16-25(4)32(30,31)21-9-8-18(2)19(3)15-21/h5-9,14-15H,10-13,16H2,1-4H3,(H,24,29). The molecule has 0 atom stereocenters. The van der Waals surface area contributed by atoms with Crippen LogP contribution in [0.25, 0.3) is 0 Å². The number of anilines is 1. The van der Waals surface area contributed by atoms with E-state index in [0.717, 1.165) is 26.7 Å². The largest absolute Gasteiger partial charge is 0.338 e. The zero-order valence-electron chi connectivity index (χ0n) is 19.0. The molecule has 2 aromatic rings. The van der Waals surface area contributed by atoms with Crippen molar-refractivity contribution in [2.75, 3.05) is 45.1 Å². The van der Waals surface area contributed by atoms with Gasteiger partial charge < -0.3 is 15.1 Å². The molecule has 1 aliphatic heterocycles. The summed E-state index contributed by atoms with van der Waals surface area (Å²) < 4.78 is 26.8. The van der Waals surface area contributed by atoms with Crippen LogP contribution in [0.15, 0.2) is 47.4 Å². The van der Waals surface area contributed by atoms with Crippen molar-refractivity contribution in [1.29, 1.82) is 0 Å². The number of hydrogen-bond acceptors (Lipinski definition) is 4. The van der Waals surface area contributed by atoms with Crippen LogP contribution in [0.5, 0.6) is 0 Å². The van der Waals surface area contributed by atoms with Crippen molar-refractivity contribution in [2.45, 2.75) is 25.7 Å². The number of urea groups is 1. The Bertz CT molecular complexity index is 1110. The highest BCUT2D eigenvalue weighted by Crippen LogP contribution is 2.18. The molecule has 172 valence electrons. The third-order valence-electron chi connectivity index (χ3n) is 5.73. The number of nitrogens with one attached hydrogen (secondary N) is 1. The minimum absolute atomic E-state index is 0.175. The molecular weight excluding hydrogens is 428 g/mol. The van der Waals surface area contributed by atoms with Gasteiger partial charge in [-0.25, -0.2) is 13.2 Å². The molecule has 32 heavy (non-hydrogen) atoms. The van der Waals surface area contributed by atoms with E-state index in [-0.39, 0.29) is 23.4 Å². The lowest BCUT2D eigenvalue weighted by atomic mass is 10.1. The first-order valence-corrected chi connectivity index (χ1v) is 12.0. The Hall–Kier alpha value is -2.91. The molecule has 1 heterocycles. The Balaban J connectivity index is 1.54. The highest BCUT2D eigenvalue weighted by atomic mass is 32.2. The Morgan fingerprint density at radius 1 is 0.938 bits per heavy atom. The Labute approximate surface area is 189 Å². The molecule has 0 spiro atoms. The molecule has 0 bridgehead atoms. The summed E-state index contributed by atoms with van der Waals surface area (Å²) in [6.07, 6.45) is 0. The van der Waals surface area contributed by atoms with Crippen molar-refractivity contribution >= 4 is 27.6 Å². The molecule has 0 unspecified atom stereocenters. The summed E-state index contributed by atoms with van der Waals surface area (Å²) in [6.45, 7) is 6.97. The normalized spacial score (nSPS) is 14.5. The molecule has 3 rings (SSSR count). The highest BCUT2D eigenvalue weighted by Gasteiger charge is 2.28. The molecule has 1 saturated heterocycles. The van der Waals surface area contributed by atoms with E-state index in [2.05, 4.69) is 5.32 Å². The van der Waals surface area contributed by atoms with Gasteiger partial charge in [-0.3, -0.25) is 4.79 Å². The van der Waals surface area contributed by atoms with E-state index in [0.29, 0.717) is 26.2 Å². The summed E-state index contributed by atoms with van der Waals surface area (Å²) in [7, 11) is -2.35. The first-order chi connectivity index (χ1) is 15.1. The second kappa shape index (κ2) is 9.70. The van der Waals surface area contributed by atoms with Gasteiger partial charge in [0.1, 0.15) is 0 Å². The zero-order chi connectivity index (χ0) is 23.5. The quantitative estimate of drug-likeness (QED) is 0.746. The number of rotatable bonds is 5. The Morgan fingerprint density at radius 3 is 2.22 bits per heavy atom. The average molecular weight is 459 g/mol. The molecule has 3 amide bonds. The van der Waals surface area contributed by atoms with Crippen molar-refractivity contribution in [2.24, 2.45) is 0 Å². The highest BCUT2D eigenvalue weighted by molar-refractivity contribution is 7.89. The molecule has 9 heteroatoms. The van der Waals surface area contributed by atoms with E-state index < -0.39 is 10.0 Å². The second-order valence-corrected chi connectivity index (χ2v) is 10.2. The van der Waals surface area contributed by atoms with Gasteiger partial charge in [0.05, 0.1) is 11.4 Å². The third-order valence-corrected chi connectivity index (χ3v) is 7.53. The SMILES string of the molecule is Cc1cccc(NC(=O)N2CCN(C(=O)CN(C)S(=O)(=O)c3ccc(C)c(C)c3)CC2)c1. The molecule has 2 aromatic carbocycles. The topological polar surface area (TPSA) is 90.0 Å². The molecule has 1 fully saturated rings. The number of amides is 3. The summed E-state index contributed by atoms with van der Waals surface area (Å²) in [5, 5.41) is 2.87. The van der Waals surface area contributed by atoms with E-state index in [1.165, 1.54) is 7.05 Å². The van der Waals surface area contributed by atoms with Crippen LogP contribution in [0.3, 0.4) is 0 Å². The lowest BCUT2D eigenvalue weighted by Gasteiger charge is -2.35. The summed E-state index contributed by atoms with van der Waals surface area (Å²) >= 11 is 0. The number of hydrogen-bond donors (Lipinski definition) is 1. The van der Waals surface area contributed by atoms with Gasteiger partial charge in [0.2, 0.25) is 15.9 Å². The van der Waals surface area contributed by atoms with Gasteiger partial charge in [-0.1, -0.05) is 18.2 Å². The molecule has 0 aromatic heterocycles. The van der Waals surface area contributed by atoms with Gasteiger partial charge in [-0.05, 0) is 61.7 Å². The van der Waals surface area contributed by atoms with Crippen molar-refractivity contribution in [3.63, 3.8) is 0 Å². The van der Waals surface area contributed by atoms with Crippen LogP contribution in [0, 0.1) is 20.8 Å². The van der Waals surface area contributed by atoms with E-state index in [9.17, 15) is 18.0 Å².